The van der Waals surface area contributed by atoms with Gasteiger partial charge in [0, 0.05) is 16.5 Å². The zero-order valence-corrected chi connectivity index (χ0v) is 14.3. The zero-order valence-electron chi connectivity index (χ0n) is 12.8. The summed E-state index contributed by atoms with van der Waals surface area (Å²) in [6.45, 7) is 0. The van der Waals surface area contributed by atoms with E-state index in [0.29, 0.717) is 26.5 Å². The smallest absolute Gasteiger partial charge is 0.352 e. The number of aliphatic carboxylic acids is 1. The molecular formula is C18H13Cl2NO4. The van der Waals surface area contributed by atoms with Gasteiger partial charge in [-0.05, 0) is 30.2 Å². The molecule has 0 saturated carbocycles. The molecule has 3 rings (SSSR count). The SMILES string of the molecule is O=C(O)c1[nH]c2ccccc2c1C(Cc1ccc(Cl)c(Cl)c1)C(=O)O. The van der Waals surface area contributed by atoms with Gasteiger partial charge in [0.2, 0.25) is 0 Å². The summed E-state index contributed by atoms with van der Waals surface area (Å²) in [5, 5.41) is 20.5. The maximum absolute atomic E-state index is 11.9. The third-order valence-electron chi connectivity index (χ3n) is 4.03. The van der Waals surface area contributed by atoms with E-state index in [9.17, 15) is 19.8 Å². The Bertz CT molecular complexity index is 980. The van der Waals surface area contributed by atoms with Gasteiger partial charge < -0.3 is 15.2 Å². The lowest BCUT2D eigenvalue weighted by Crippen LogP contribution is -2.17. The third kappa shape index (κ3) is 3.34. The van der Waals surface area contributed by atoms with Crippen molar-refractivity contribution in [3.63, 3.8) is 0 Å². The summed E-state index contributed by atoms with van der Waals surface area (Å²) in [5.74, 6) is -3.36. The summed E-state index contributed by atoms with van der Waals surface area (Å²) in [6, 6.07) is 11.8. The van der Waals surface area contributed by atoms with E-state index in [1.165, 1.54) is 0 Å². The van der Waals surface area contributed by atoms with Crippen LogP contribution in [0.1, 0.15) is 27.5 Å². The number of carboxylic acid groups (broad SMARTS) is 2. The van der Waals surface area contributed by atoms with Crippen LogP contribution in [0.25, 0.3) is 10.9 Å². The zero-order chi connectivity index (χ0) is 18.1. The molecule has 1 aromatic heterocycles. The first-order valence-corrected chi connectivity index (χ1v) is 8.14. The minimum Gasteiger partial charge on any atom is -0.481 e. The van der Waals surface area contributed by atoms with E-state index in [1.54, 1.807) is 42.5 Å². The lowest BCUT2D eigenvalue weighted by Gasteiger charge is -2.14. The maximum atomic E-state index is 11.9. The summed E-state index contributed by atoms with van der Waals surface area (Å²) in [7, 11) is 0. The standard InChI is InChI=1S/C18H13Cl2NO4/c19-12-6-5-9(8-13(12)20)7-11(17(22)23)15-10-3-1-2-4-14(10)21-16(15)18(24)25/h1-6,8,11,21H,7H2,(H,22,23)(H,24,25). The van der Waals surface area contributed by atoms with Crippen molar-refractivity contribution < 1.29 is 19.8 Å². The number of carboxylic acids is 2. The van der Waals surface area contributed by atoms with Crippen LogP contribution >= 0.6 is 23.2 Å². The molecule has 0 saturated heterocycles. The van der Waals surface area contributed by atoms with Gasteiger partial charge in [-0.15, -0.1) is 0 Å². The molecule has 2 aromatic carbocycles. The van der Waals surface area contributed by atoms with Crippen molar-refractivity contribution in [1.29, 1.82) is 0 Å². The lowest BCUT2D eigenvalue weighted by atomic mass is 9.89. The van der Waals surface area contributed by atoms with E-state index < -0.39 is 17.9 Å². The first-order valence-electron chi connectivity index (χ1n) is 7.39. The van der Waals surface area contributed by atoms with Gasteiger partial charge in [-0.1, -0.05) is 47.5 Å². The van der Waals surface area contributed by atoms with Crippen LogP contribution in [0.3, 0.4) is 0 Å². The van der Waals surface area contributed by atoms with Gasteiger partial charge >= 0.3 is 11.9 Å². The summed E-state index contributed by atoms with van der Waals surface area (Å²) in [4.78, 5) is 26.3. The number of fused-ring (bicyclic) bond motifs is 1. The molecule has 25 heavy (non-hydrogen) atoms. The van der Waals surface area contributed by atoms with Crippen molar-refractivity contribution in [2.75, 3.05) is 0 Å². The van der Waals surface area contributed by atoms with E-state index in [4.69, 9.17) is 23.2 Å². The number of H-pyrrole nitrogens is 1. The highest BCUT2D eigenvalue weighted by atomic mass is 35.5. The van der Waals surface area contributed by atoms with Crippen molar-refractivity contribution >= 4 is 46.0 Å². The molecule has 1 heterocycles. The molecule has 0 spiro atoms. The number of hydrogen-bond acceptors (Lipinski definition) is 2. The number of para-hydroxylation sites is 1. The second kappa shape index (κ2) is 6.78. The number of halogens is 2. The topological polar surface area (TPSA) is 90.4 Å². The average Bonchev–Trinajstić information content (AvgIpc) is 2.95. The first kappa shape index (κ1) is 17.3. The normalized spacial score (nSPS) is 12.2. The van der Waals surface area contributed by atoms with Gasteiger partial charge in [-0.2, -0.15) is 0 Å². The van der Waals surface area contributed by atoms with Crippen LogP contribution < -0.4 is 0 Å². The fourth-order valence-corrected chi connectivity index (χ4v) is 3.23. The molecule has 7 heteroatoms. The number of hydrogen-bond donors (Lipinski definition) is 3. The molecule has 0 aliphatic rings. The Hall–Kier alpha value is -2.50. The summed E-state index contributed by atoms with van der Waals surface area (Å²) in [5.41, 5.74) is 1.37. The van der Waals surface area contributed by atoms with Gasteiger partial charge in [0.05, 0.1) is 16.0 Å². The minimum absolute atomic E-state index is 0.0916. The maximum Gasteiger partial charge on any atom is 0.352 e. The van der Waals surface area contributed by atoms with Gasteiger partial charge in [0.1, 0.15) is 5.69 Å². The number of aromatic amines is 1. The van der Waals surface area contributed by atoms with Crippen molar-refractivity contribution in [3.05, 3.63) is 69.3 Å². The quantitative estimate of drug-likeness (QED) is 0.606. The first-order chi connectivity index (χ1) is 11.9. The summed E-state index contributed by atoms with van der Waals surface area (Å²) >= 11 is 11.9. The Balaban J connectivity index is 2.13. The molecule has 3 aromatic rings. The van der Waals surface area contributed by atoms with Gasteiger partial charge in [0.25, 0.3) is 0 Å². The molecule has 0 aliphatic heterocycles. The van der Waals surface area contributed by atoms with Crippen LogP contribution in [0.4, 0.5) is 0 Å². The van der Waals surface area contributed by atoms with Crippen LogP contribution in [-0.2, 0) is 11.2 Å². The molecule has 0 radical (unpaired) electrons. The van der Waals surface area contributed by atoms with Crippen molar-refractivity contribution in [2.45, 2.75) is 12.3 Å². The Kier molecular flexibility index (Phi) is 4.70. The van der Waals surface area contributed by atoms with E-state index in [1.807, 2.05) is 0 Å². The van der Waals surface area contributed by atoms with Gasteiger partial charge in [-0.3, -0.25) is 4.79 Å². The molecule has 1 unspecified atom stereocenters. The lowest BCUT2D eigenvalue weighted by molar-refractivity contribution is -0.138. The van der Waals surface area contributed by atoms with Crippen LogP contribution in [0.2, 0.25) is 10.0 Å². The Morgan fingerprint density at radius 1 is 1.04 bits per heavy atom. The molecule has 5 nitrogen and oxygen atoms in total. The van der Waals surface area contributed by atoms with E-state index in [0.717, 1.165) is 0 Å². The number of rotatable bonds is 5. The van der Waals surface area contributed by atoms with Crippen LogP contribution in [0.5, 0.6) is 0 Å². The Morgan fingerprint density at radius 3 is 2.40 bits per heavy atom. The third-order valence-corrected chi connectivity index (χ3v) is 4.77. The number of nitrogens with one attached hydrogen (secondary N) is 1. The Morgan fingerprint density at radius 2 is 1.76 bits per heavy atom. The van der Waals surface area contributed by atoms with Crippen LogP contribution in [0.15, 0.2) is 42.5 Å². The fourth-order valence-electron chi connectivity index (χ4n) is 2.91. The van der Waals surface area contributed by atoms with E-state index >= 15 is 0 Å². The highest BCUT2D eigenvalue weighted by Gasteiger charge is 2.29. The average molecular weight is 378 g/mol. The predicted octanol–water partition coefficient (Wildman–Crippen LogP) is 4.58. The summed E-state index contributed by atoms with van der Waals surface area (Å²) in [6.07, 6.45) is 0.0916. The monoisotopic (exact) mass is 377 g/mol. The van der Waals surface area contributed by atoms with Crippen molar-refractivity contribution in [1.82, 2.24) is 4.98 Å². The number of aromatic nitrogens is 1. The number of benzene rings is 2. The van der Waals surface area contributed by atoms with E-state index in [-0.39, 0.29) is 17.7 Å². The molecule has 0 aliphatic carbocycles. The number of aromatic carboxylic acids is 1. The highest BCUT2D eigenvalue weighted by Crippen LogP contribution is 2.33. The Labute approximate surface area is 152 Å². The molecule has 128 valence electrons. The fraction of sp³-hybridized carbons (Fsp3) is 0.111. The van der Waals surface area contributed by atoms with Crippen LogP contribution in [-0.4, -0.2) is 27.1 Å². The predicted molar refractivity (Wildman–Crippen MR) is 95.8 cm³/mol. The second-order valence-electron chi connectivity index (χ2n) is 5.61. The molecular weight excluding hydrogens is 365 g/mol. The summed E-state index contributed by atoms with van der Waals surface area (Å²) < 4.78 is 0. The van der Waals surface area contributed by atoms with Gasteiger partial charge in [-0.25, -0.2) is 4.79 Å². The minimum atomic E-state index is -1.20. The van der Waals surface area contributed by atoms with Gasteiger partial charge in [0.15, 0.2) is 0 Å². The second-order valence-corrected chi connectivity index (χ2v) is 6.42. The largest absolute Gasteiger partial charge is 0.481 e. The molecule has 1 atom stereocenters. The van der Waals surface area contributed by atoms with Crippen LogP contribution in [0, 0.1) is 0 Å². The molecule has 0 amide bonds. The molecule has 0 fully saturated rings. The van der Waals surface area contributed by atoms with Crippen molar-refractivity contribution in [3.8, 4) is 0 Å². The number of carbonyl (C=O) groups is 2. The highest BCUT2D eigenvalue weighted by molar-refractivity contribution is 6.42. The molecule has 0 bridgehead atoms. The molecule has 3 N–H and O–H groups in total. The van der Waals surface area contributed by atoms with Crippen molar-refractivity contribution in [2.24, 2.45) is 0 Å². The van der Waals surface area contributed by atoms with E-state index in [2.05, 4.69) is 4.98 Å².